The van der Waals surface area contributed by atoms with Crippen LogP contribution in [0.2, 0.25) is 0 Å². The van der Waals surface area contributed by atoms with Crippen molar-refractivity contribution in [3.8, 4) is 11.8 Å². The van der Waals surface area contributed by atoms with Gasteiger partial charge in [-0.15, -0.1) is 0 Å². The van der Waals surface area contributed by atoms with Crippen LogP contribution in [0.4, 0.5) is 0 Å². The molecule has 1 aromatic carbocycles. The molecule has 0 aromatic heterocycles. The van der Waals surface area contributed by atoms with Crippen LogP contribution in [0.1, 0.15) is 18.1 Å². The van der Waals surface area contributed by atoms with Crippen LogP contribution < -0.4 is 0 Å². The number of carbonyl (C=O) groups excluding carboxylic acids is 1. The number of aryl methyl sites for hydroxylation is 1. The molecular formula is C12H11BrOS. The summed E-state index contributed by atoms with van der Waals surface area (Å²) in [7, 11) is 0. The first kappa shape index (κ1) is 12.4. The third-order valence-corrected chi connectivity index (χ3v) is 3.32. The highest BCUT2D eigenvalue weighted by Crippen LogP contribution is 2.16. The normalized spacial score (nSPS) is 9.27. The summed E-state index contributed by atoms with van der Waals surface area (Å²) in [6, 6.07) is 5.97. The van der Waals surface area contributed by atoms with E-state index in [0.717, 1.165) is 10.0 Å². The number of hydrogen-bond acceptors (Lipinski definition) is 2. The van der Waals surface area contributed by atoms with E-state index in [9.17, 15) is 4.79 Å². The van der Waals surface area contributed by atoms with E-state index in [2.05, 4.69) is 27.8 Å². The van der Waals surface area contributed by atoms with Gasteiger partial charge in [0.2, 0.25) is 0 Å². The Hall–Kier alpha value is -0.720. The van der Waals surface area contributed by atoms with Crippen molar-refractivity contribution in [3.63, 3.8) is 0 Å². The van der Waals surface area contributed by atoms with Gasteiger partial charge in [0.25, 0.3) is 0 Å². The summed E-state index contributed by atoms with van der Waals surface area (Å²) in [6.45, 7) is 3.58. The zero-order chi connectivity index (χ0) is 11.3. The SMILES string of the molecule is CC(=O)SCC#Cc1ccc(Br)c(C)c1. The molecule has 1 aromatic rings. The van der Waals surface area contributed by atoms with E-state index in [4.69, 9.17) is 0 Å². The summed E-state index contributed by atoms with van der Waals surface area (Å²) in [5, 5.41) is 0.108. The zero-order valence-corrected chi connectivity index (χ0v) is 11.0. The van der Waals surface area contributed by atoms with Gasteiger partial charge in [-0.05, 0) is 30.7 Å². The predicted octanol–water partition coefficient (Wildman–Crippen LogP) is 3.39. The number of halogens is 1. The Morgan fingerprint density at radius 1 is 1.53 bits per heavy atom. The third kappa shape index (κ3) is 4.55. The minimum absolute atomic E-state index is 0.108. The zero-order valence-electron chi connectivity index (χ0n) is 8.63. The molecule has 3 heteroatoms. The fourth-order valence-electron chi connectivity index (χ4n) is 0.998. The van der Waals surface area contributed by atoms with Crippen molar-refractivity contribution in [1.29, 1.82) is 0 Å². The van der Waals surface area contributed by atoms with Crippen LogP contribution in [0.5, 0.6) is 0 Å². The number of thioether (sulfide) groups is 1. The maximum Gasteiger partial charge on any atom is 0.186 e. The number of carbonyl (C=O) groups is 1. The molecule has 0 saturated heterocycles. The fraction of sp³-hybridized carbons (Fsp3) is 0.250. The number of benzene rings is 1. The van der Waals surface area contributed by atoms with Gasteiger partial charge >= 0.3 is 0 Å². The van der Waals surface area contributed by atoms with Crippen molar-refractivity contribution in [1.82, 2.24) is 0 Å². The molecule has 1 rings (SSSR count). The van der Waals surface area contributed by atoms with E-state index in [0.29, 0.717) is 5.75 Å². The van der Waals surface area contributed by atoms with Crippen LogP contribution in [-0.2, 0) is 4.79 Å². The lowest BCUT2D eigenvalue weighted by atomic mass is 10.1. The molecule has 0 heterocycles. The van der Waals surface area contributed by atoms with Gasteiger partial charge in [0.15, 0.2) is 5.12 Å². The monoisotopic (exact) mass is 282 g/mol. The molecule has 0 spiro atoms. The summed E-state index contributed by atoms with van der Waals surface area (Å²) in [6.07, 6.45) is 0. The Morgan fingerprint density at radius 2 is 2.27 bits per heavy atom. The van der Waals surface area contributed by atoms with Gasteiger partial charge in [0.05, 0.1) is 5.75 Å². The summed E-state index contributed by atoms with van der Waals surface area (Å²) < 4.78 is 1.09. The van der Waals surface area contributed by atoms with E-state index in [1.165, 1.54) is 17.3 Å². The minimum Gasteiger partial charge on any atom is -0.288 e. The minimum atomic E-state index is 0.108. The van der Waals surface area contributed by atoms with Crippen LogP contribution in [0.15, 0.2) is 22.7 Å². The van der Waals surface area contributed by atoms with E-state index in [-0.39, 0.29) is 5.12 Å². The second kappa shape index (κ2) is 5.99. The van der Waals surface area contributed by atoms with Crippen molar-refractivity contribution in [2.45, 2.75) is 13.8 Å². The van der Waals surface area contributed by atoms with Crippen molar-refractivity contribution in [3.05, 3.63) is 33.8 Å². The molecule has 0 aliphatic heterocycles. The summed E-state index contributed by atoms with van der Waals surface area (Å²) >= 11 is 4.67. The molecular weight excluding hydrogens is 272 g/mol. The van der Waals surface area contributed by atoms with Crippen molar-refractivity contribution >= 4 is 32.8 Å². The molecule has 0 amide bonds. The van der Waals surface area contributed by atoms with Gasteiger partial charge in [0, 0.05) is 17.0 Å². The molecule has 0 bridgehead atoms. The summed E-state index contributed by atoms with van der Waals surface area (Å²) in [4.78, 5) is 10.6. The van der Waals surface area contributed by atoms with Gasteiger partial charge < -0.3 is 0 Å². The van der Waals surface area contributed by atoms with Gasteiger partial charge in [0.1, 0.15) is 0 Å². The maximum absolute atomic E-state index is 10.6. The summed E-state index contributed by atoms with van der Waals surface area (Å²) in [5.41, 5.74) is 2.15. The van der Waals surface area contributed by atoms with Crippen LogP contribution >= 0.6 is 27.7 Å². The molecule has 0 N–H and O–H groups in total. The van der Waals surface area contributed by atoms with Crippen molar-refractivity contribution < 1.29 is 4.79 Å². The Labute approximate surface area is 103 Å². The molecule has 78 valence electrons. The van der Waals surface area contributed by atoms with Crippen LogP contribution in [0, 0.1) is 18.8 Å². The summed E-state index contributed by atoms with van der Waals surface area (Å²) in [5.74, 6) is 6.54. The van der Waals surface area contributed by atoms with E-state index >= 15 is 0 Å². The number of hydrogen-bond donors (Lipinski definition) is 0. The average Bonchev–Trinajstić information content (AvgIpc) is 2.18. The van der Waals surface area contributed by atoms with Gasteiger partial charge in [-0.2, -0.15) is 0 Å². The Morgan fingerprint density at radius 3 is 2.87 bits per heavy atom. The maximum atomic E-state index is 10.6. The van der Waals surface area contributed by atoms with Crippen molar-refractivity contribution in [2.24, 2.45) is 0 Å². The molecule has 0 aliphatic rings. The average molecular weight is 283 g/mol. The van der Waals surface area contributed by atoms with E-state index in [1.807, 2.05) is 25.1 Å². The first-order valence-corrected chi connectivity index (χ1v) is 6.26. The standard InChI is InChI=1S/C12H11BrOS/c1-9-8-11(5-6-12(9)13)4-3-7-15-10(2)14/h5-6,8H,7H2,1-2H3. The second-order valence-electron chi connectivity index (χ2n) is 3.05. The molecule has 0 radical (unpaired) electrons. The van der Waals surface area contributed by atoms with Gasteiger partial charge in [-0.25, -0.2) is 0 Å². The van der Waals surface area contributed by atoms with Crippen molar-refractivity contribution in [2.75, 3.05) is 5.75 Å². The molecule has 15 heavy (non-hydrogen) atoms. The first-order valence-electron chi connectivity index (χ1n) is 4.48. The Bertz CT molecular complexity index is 429. The fourth-order valence-corrected chi connectivity index (χ4v) is 1.59. The lowest BCUT2D eigenvalue weighted by Crippen LogP contribution is -1.83. The Balaban J connectivity index is 2.64. The molecule has 0 fully saturated rings. The van der Waals surface area contributed by atoms with Gasteiger partial charge in [-0.3, -0.25) is 4.79 Å². The quantitative estimate of drug-likeness (QED) is 0.735. The molecule has 1 nitrogen and oxygen atoms in total. The topological polar surface area (TPSA) is 17.1 Å². The largest absolute Gasteiger partial charge is 0.288 e. The van der Waals surface area contributed by atoms with Crippen LogP contribution in [-0.4, -0.2) is 10.9 Å². The second-order valence-corrected chi connectivity index (χ2v) is 5.05. The van der Waals surface area contributed by atoms with Gasteiger partial charge in [-0.1, -0.05) is 39.5 Å². The predicted molar refractivity (Wildman–Crippen MR) is 68.9 cm³/mol. The van der Waals surface area contributed by atoms with E-state index in [1.54, 1.807) is 6.92 Å². The lowest BCUT2D eigenvalue weighted by Gasteiger charge is -1.97. The Kier molecular flexibility index (Phi) is 4.93. The van der Waals surface area contributed by atoms with E-state index < -0.39 is 0 Å². The first-order chi connectivity index (χ1) is 7.09. The van der Waals surface area contributed by atoms with Crippen LogP contribution in [0.25, 0.3) is 0 Å². The molecule has 0 saturated carbocycles. The highest BCUT2D eigenvalue weighted by atomic mass is 79.9. The molecule has 0 atom stereocenters. The smallest absolute Gasteiger partial charge is 0.186 e. The lowest BCUT2D eigenvalue weighted by molar-refractivity contribution is -0.109. The molecule has 0 aliphatic carbocycles. The molecule has 0 unspecified atom stereocenters. The highest BCUT2D eigenvalue weighted by Gasteiger charge is 1.94. The highest BCUT2D eigenvalue weighted by molar-refractivity contribution is 9.10. The van der Waals surface area contributed by atoms with Crippen LogP contribution in [0.3, 0.4) is 0 Å². The third-order valence-electron chi connectivity index (χ3n) is 1.74. The number of rotatable bonds is 1.